The molecule has 0 aliphatic heterocycles. The lowest BCUT2D eigenvalue weighted by Crippen LogP contribution is -2.00. The maximum absolute atomic E-state index is 5.23. The Kier molecular flexibility index (Phi) is 7.87. The molecule has 3 aromatic heterocycles. The molecular formula is C51H31N3S2. The fourth-order valence-corrected chi connectivity index (χ4v) is 10.3. The van der Waals surface area contributed by atoms with Gasteiger partial charge < -0.3 is 0 Å². The number of hydrogen-bond acceptors (Lipinski definition) is 5. The zero-order valence-electron chi connectivity index (χ0n) is 30.1. The Morgan fingerprint density at radius 2 is 0.804 bits per heavy atom. The van der Waals surface area contributed by atoms with Crippen LogP contribution < -0.4 is 0 Å². The van der Waals surface area contributed by atoms with Crippen LogP contribution in [-0.4, -0.2) is 15.0 Å². The summed E-state index contributed by atoms with van der Waals surface area (Å²) >= 11 is 3.69. The fraction of sp³-hybridized carbons (Fsp3) is 0. The summed E-state index contributed by atoms with van der Waals surface area (Å²) < 4.78 is 5.00. The van der Waals surface area contributed by atoms with Crippen LogP contribution >= 0.6 is 22.7 Å². The highest BCUT2D eigenvalue weighted by Gasteiger charge is 2.21. The van der Waals surface area contributed by atoms with Gasteiger partial charge >= 0.3 is 0 Å². The molecule has 0 amide bonds. The molecule has 0 radical (unpaired) electrons. The minimum Gasteiger partial charge on any atom is -0.208 e. The quantitative estimate of drug-likeness (QED) is 0.170. The number of rotatable bonds is 6. The van der Waals surface area contributed by atoms with Gasteiger partial charge in [0, 0.05) is 62.6 Å². The molecule has 262 valence electrons. The third-order valence-electron chi connectivity index (χ3n) is 10.5. The van der Waals surface area contributed by atoms with Crippen LogP contribution in [0.25, 0.3) is 108 Å². The van der Waals surface area contributed by atoms with Crippen molar-refractivity contribution in [2.24, 2.45) is 0 Å². The van der Waals surface area contributed by atoms with Crippen LogP contribution in [0.5, 0.6) is 0 Å². The number of nitrogens with zero attached hydrogens (tertiary/aromatic N) is 3. The van der Waals surface area contributed by atoms with Gasteiger partial charge in [-0.1, -0.05) is 152 Å². The molecule has 0 bridgehead atoms. The lowest BCUT2D eigenvalue weighted by atomic mass is 9.93. The molecular weight excluding hydrogens is 719 g/mol. The largest absolute Gasteiger partial charge is 0.208 e. The maximum Gasteiger partial charge on any atom is 0.165 e. The van der Waals surface area contributed by atoms with Gasteiger partial charge in [-0.05, 0) is 64.2 Å². The topological polar surface area (TPSA) is 38.7 Å². The molecule has 0 aliphatic rings. The number of benzene rings is 8. The fourth-order valence-electron chi connectivity index (χ4n) is 7.88. The van der Waals surface area contributed by atoms with E-state index in [0.29, 0.717) is 17.5 Å². The van der Waals surface area contributed by atoms with Gasteiger partial charge in [-0.15, -0.1) is 22.7 Å². The van der Waals surface area contributed by atoms with E-state index in [9.17, 15) is 0 Å². The summed E-state index contributed by atoms with van der Waals surface area (Å²) in [5.41, 5.74) is 10.1. The van der Waals surface area contributed by atoms with Crippen LogP contribution in [0.15, 0.2) is 188 Å². The minimum absolute atomic E-state index is 0.648. The van der Waals surface area contributed by atoms with Gasteiger partial charge in [0.15, 0.2) is 17.5 Å². The Labute approximate surface area is 331 Å². The third kappa shape index (κ3) is 5.60. The Balaban J connectivity index is 1.13. The number of aromatic nitrogens is 3. The van der Waals surface area contributed by atoms with E-state index in [1.807, 2.05) is 46.9 Å². The molecule has 0 N–H and O–H groups in total. The van der Waals surface area contributed by atoms with Gasteiger partial charge in [-0.3, -0.25) is 0 Å². The van der Waals surface area contributed by atoms with Crippen molar-refractivity contribution >= 4 is 63.0 Å². The molecule has 0 unspecified atom stereocenters. The molecule has 11 aromatic rings. The van der Waals surface area contributed by atoms with Gasteiger partial charge in [0.1, 0.15) is 0 Å². The van der Waals surface area contributed by atoms with E-state index in [1.165, 1.54) is 57.9 Å². The Hall–Kier alpha value is -6.79. The van der Waals surface area contributed by atoms with E-state index in [-0.39, 0.29) is 0 Å². The molecule has 3 nitrogen and oxygen atoms in total. The summed E-state index contributed by atoms with van der Waals surface area (Å²) in [5.74, 6) is 1.96. The predicted octanol–water partition coefficient (Wildman–Crippen LogP) is 14.6. The molecule has 0 atom stereocenters. The van der Waals surface area contributed by atoms with E-state index in [0.717, 1.165) is 32.5 Å². The first kappa shape index (κ1) is 32.6. The first-order chi connectivity index (χ1) is 27.7. The summed E-state index contributed by atoms with van der Waals surface area (Å²) in [4.78, 5) is 15.5. The van der Waals surface area contributed by atoms with Crippen LogP contribution in [0.1, 0.15) is 0 Å². The number of thiophene rings is 2. The molecule has 56 heavy (non-hydrogen) atoms. The standard InChI is InChI=1S/C51H31N3S2/c1-4-15-32(16-5-1)35-21-12-22-36(29-35)50-52-49(34-19-8-3-9-20-34)53-51(54-50)41-26-13-25-40-46-39(24-14-28-45(46)56-47(40)41)43-31-37(33-17-6-2-7-18-33)30-42-38-23-10-11-27-44(38)55-48(42)43/h1-31H. The maximum atomic E-state index is 5.23. The molecule has 3 heterocycles. The second kappa shape index (κ2) is 13.5. The van der Waals surface area contributed by atoms with Crippen molar-refractivity contribution in [1.82, 2.24) is 15.0 Å². The second-order valence-electron chi connectivity index (χ2n) is 13.9. The van der Waals surface area contributed by atoms with E-state index in [2.05, 4.69) is 164 Å². The van der Waals surface area contributed by atoms with Crippen LogP contribution in [0.3, 0.4) is 0 Å². The van der Waals surface area contributed by atoms with Crippen LogP contribution in [-0.2, 0) is 0 Å². The molecule has 11 rings (SSSR count). The van der Waals surface area contributed by atoms with Crippen LogP contribution in [0, 0.1) is 0 Å². The van der Waals surface area contributed by atoms with Gasteiger partial charge in [0.05, 0.1) is 0 Å². The zero-order valence-corrected chi connectivity index (χ0v) is 31.7. The highest BCUT2D eigenvalue weighted by atomic mass is 32.1. The molecule has 0 aliphatic carbocycles. The Bertz CT molecular complexity index is 3240. The summed E-state index contributed by atoms with van der Waals surface area (Å²) in [5, 5.41) is 5.05. The molecule has 8 aromatic carbocycles. The summed E-state index contributed by atoms with van der Waals surface area (Å²) in [7, 11) is 0. The van der Waals surface area contributed by atoms with Crippen molar-refractivity contribution in [3.05, 3.63) is 188 Å². The first-order valence-corrected chi connectivity index (χ1v) is 20.3. The van der Waals surface area contributed by atoms with Crippen molar-refractivity contribution in [3.63, 3.8) is 0 Å². The van der Waals surface area contributed by atoms with Crippen molar-refractivity contribution in [1.29, 1.82) is 0 Å². The van der Waals surface area contributed by atoms with E-state index in [4.69, 9.17) is 15.0 Å². The smallest absolute Gasteiger partial charge is 0.165 e. The molecule has 5 heteroatoms. The van der Waals surface area contributed by atoms with E-state index < -0.39 is 0 Å². The average molecular weight is 750 g/mol. The third-order valence-corrected chi connectivity index (χ3v) is 13.0. The molecule has 0 fully saturated rings. The monoisotopic (exact) mass is 749 g/mol. The second-order valence-corrected chi connectivity index (χ2v) is 16.1. The zero-order chi connectivity index (χ0) is 37.0. The SMILES string of the molecule is c1ccc(-c2cccc(-c3nc(-c4ccccc4)nc(-c4cccc5c4sc4cccc(-c6cc(-c7ccccc7)cc7c6sc6ccccc67)c45)n3)c2)cc1. The van der Waals surface area contributed by atoms with E-state index in [1.54, 1.807) is 0 Å². The van der Waals surface area contributed by atoms with Gasteiger partial charge in [0.25, 0.3) is 0 Å². The van der Waals surface area contributed by atoms with E-state index >= 15 is 0 Å². The average Bonchev–Trinajstić information content (AvgIpc) is 3.86. The van der Waals surface area contributed by atoms with Crippen molar-refractivity contribution in [3.8, 4) is 67.5 Å². The van der Waals surface area contributed by atoms with Crippen LogP contribution in [0.4, 0.5) is 0 Å². The molecule has 0 saturated heterocycles. The van der Waals surface area contributed by atoms with Crippen molar-refractivity contribution in [2.75, 3.05) is 0 Å². The minimum atomic E-state index is 0.648. The lowest BCUT2D eigenvalue weighted by Gasteiger charge is -2.11. The predicted molar refractivity (Wildman–Crippen MR) is 238 cm³/mol. The Morgan fingerprint density at radius 3 is 1.59 bits per heavy atom. The highest BCUT2D eigenvalue weighted by molar-refractivity contribution is 7.27. The summed E-state index contributed by atoms with van der Waals surface area (Å²) in [6.45, 7) is 0. The normalized spacial score (nSPS) is 11.6. The van der Waals surface area contributed by atoms with Gasteiger partial charge in [-0.25, -0.2) is 15.0 Å². The van der Waals surface area contributed by atoms with Crippen molar-refractivity contribution < 1.29 is 0 Å². The number of fused-ring (bicyclic) bond motifs is 6. The highest BCUT2D eigenvalue weighted by Crippen LogP contribution is 2.48. The Morgan fingerprint density at radius 1 is 0.286 bits per heavy atom. The summed E-state index contributed by atoms with van der Waals surface area (Å²) in [6.07, 6.45) is 0. The summed E-state index contributed by atoms with van der Waals surface area (Å²) in [6, 6.07) is 66.7. The van der Waals surface area contributed by atoms with Gasteiger partial charge in [-0.2, -0.15) is 0 Å². The van der Waals surface area contributed by atoms with Crippen LogP contribution in [0.2, 0.25) is 0 Å². The van der Waals surface area contributed by atoms with Gasteiger partial charge in [0.2, 0.25) is 0 Å². The number of hydrogen-bond donors (Lipinski definition) is 0. The first-order valence-electron chi connectivity index (χ1n) is 18.7. The van der Waals surface area contributed by atoms with Crippen molar-refractivity contribution in [2.45, 2.75) is 0 Å². The lowest BCUT2D eigenvalue weighted by molar-refractivity contribution is 1.08. The molecule has 0 spiro atoms. The molecule has 0 saturated carbocycles.